The highest BCUT2D eigenvalue weighted by Gasteiger charge is 2.29. The first kappa shape index (κ1) is 19.3. The molecule has 2 aromatic carbocycles. The topological polar surface area (TPSA) is 88.2 Å². The average Bonchev–Trinajstić information content (AvgIpc) is 3.52. The standard InChI is InChI=1S/C23H21N5O2S/c1-30-18-7-3-6-17(13-18)26-23-27-20(19-10-11-31-22(19)28-23)24-15-4-2-5-16(12-15)25-21(29)14-8-9-14/h2-7,10-14H,8-9H2,1H3,(H,25,29)(H2,24,26,27,28). The molecule has 8 heteroatoms. The second-order valence-corrected chi connectivity index (χ2v) is 8.26. The van der Waals surface area contributed by atoms with Crippen molar-refractivity contribution in [3.63, 3.8) is 0 Å². The summed E-state index contributed by atoms with van der Waals surface area (Å²) in [7, 11) is 1.64. The van der Waals surface area contributed by atoms with Crippen molar-refractivity contribution >= 4 is 56.3 Å². The number of amides is 1. The SMILES string of the molecule is COc1cccc(Nc2nc(Nc3cccc(NC(=O)C4CC4)c3)c3ccsc3n2)c1. The molecule has 156 valence electrons. The normalized spacial score (nSPS) is 13.1. The molecule has 0 unspecified atom stereocenters. The Labute approximate surface area is 183 Å². The van der Waals surface area contributed by atoms with Gasteiger partial charge in [0.05, 0.1) is 12.5 Å². The summed E-state index contributed by atoms with van der Waals surface area (Å²) in [6.45, 7) is 0. The predicted octanol–water partition coefficient (Wildman–Crippen LogP) is 5.54. The second-order valence-electron chi connectivity index (χ2n) is 7.36. The van der Waals surface area contributed by atoms with Gasteiger partial charge in [-0.25, -0.2) is 4.98 Å². The van der Waals surface area contributed by atoms with Crippen molar-refractivity contribution in [2.75, 3.05) is 23.1 Å². The molecule has 7 nitrogen and oxygen atoms in total. The molecule has 1 saturated carbocycles. The minimum Gasteiger partial charge on any atom is -0.497 e. The van der Waals surface area contributed by atoms with Crippen LogP contribution in [0.5, 0.6) is 5.75 Å². The van der Waals surface area contributed by atoms with E-state index in [4.69, 9.17) is 9.72 Å². The van der Waals surface area contributed by atoms with Crippen molar-refractivity contribution in [3.05, 3.63) is 60.0 Å². The number of carbonyl (C=O) groups is 1. The highest BCUT2D eigenvalue weighted by Crippen LogP contribution is 2.32. The summed E-state index contributed by atoms with van der Waals surface area (Å²) in [5, 5.41) is 12.5. The van der Waals surface area contributed by atoms with Crippen LogP contribution in [0.2, 0.25) is 0 Å². The Kier molecular flexibility index (Phi) is 5.13. The maximum atomic E-state index is 12.1. The Hall–Kier alpha value is -3.65. The molecule has 0 radical (unpaired) electrons. The molecule has 2 heterocycles. The molecule has 3 N–H and O–H groups in total. The van der Waals surface area contributed by atoms with E-state index in [1.807, 2.05) is 60.0 Å². The van der Waals surface area contributed by atoms with Gasteiger partial charge in [0.1, 0.15) is 16.4 Å². The van der Waals surface area contributed by atoms with Crippen molar-refractivity contribution in [2.24, 2.45) is 5.92 Å². The first-order valence-corrected chi connectivity index (χ1v) is 10.9. The van der Waals surface area contributed by atoms with Crippen LogP contribution in [0.1, 0.15) is 12.8 Å². The number of aromatic nitrogens is 2. The number of carbonyl (C=O) groups excluding carboxylic acids is 1. The molecular weight excluding hydrogens is 410 g/mol. The number of methoxy groups -OCH3 is 1. The Balaban J connectivity index is 1.41. The molecule has 5 rings (SSSR count). The van der Waals surface area contributed by atoms with Crippen LogP contribution in [-0.2, 0) is 4.79 Å². The van der Waals surface area contributed by atoms with Gasteiger partial charge >= 0.3 is 0 Å². The number of benzene rings is 2. The van der Waals surface area contributed by atoms with Crippen molar-refractivity contribution in [1.82, 2.24) is 9.97 Å². The van der Waals surface area contributed by atoms with Crippen LogP contribution >= 0.6 is 11.3 Å². The van der Waals surface area contributed by atoms with Crippen LogP contribution < -0.4 is 20.7 Å². The van der Waals surface area contributed by atoms with Crippen LogP contribution in [0.4, 0.5) is 28.8 Å². The Morgan fingerprint density at radius 3 is 2.58 bits per heavy atom. The molecule has 31 heavy (non-hydrogen) atoms. The minimum absolute atomic E-state index is 0.0872. The summed E-state index contributed by atoms with van der Waals surface area (Å²) in [5.41, 5.74) is 2.45. The number of thiophene rings is 1. The summed E-state index contributed by atoms with van der Waals surface area (Å²) in [5.74, 6) is 2.19. The highest BCUT2D eigenvalue weighted by atomic mass is 32.1. The lowest BCUT2D eigenvalue weighted by molar-refractivity contribution is -0.117. The van der Waals surface area contributed by atoms with Gasteiger partial charge in [0, 0.05) is 29.0 Å². The summed E-state index contributed by atoms with van der Waals surface area (Å²) in [6, 6.07) is 17.3. The van der Waals surface area contributed by atoms with E-state index < -0.39 is 0 Å². The molecule has 1 aliphatic rings. The molecular formula is C23H21N5O2S. The van der Waals surface area contributed by atoms with E-state index in [9.17, 15) is 4.79 Å². The number of nitrogens with zero attached hydrogens (tertiary/aromatic N) is 2. The zero-order valence-corrected chi connectivity index (χ0v) is 17.7. The molecule has 0 saturated heterocycles. The van der Waals surface area contributed by atoms with E-state index in [1.54, 1.807) is 18.4 Å². The predicted molar refractivity (Wildman–Crippen MR) is 125 cm³/mol. The fraction of sp³-hybridized carbons (Fsp3) is 0.174. The first-order valence-electron chi connectivity index (χ1n) is 10.0. The van der Waals surface area contributed by atoms with E-state index >= 15 is 0 Å². The molecule has 1 aliphatic carbocycles. The third kappa shape index (κ3) is 4.44. The molecule has 4 aromatic rings. The lowest BCUT2D eigenvalue weighted by atomic mass is 10.2. The van der Waals surface area contributed by atoms with Gasteiger partial charge in [0.25, 0.3) is 0 Å². The van der Waals surface area contributed by atoms with Gasteiger partial charge in [-0.1, -0.05) is 12.1 Å². The van der Waals surface area contributed by atoms with Crippen molar-refractivity contribution in [1.29, 1.82) is 0 Å². The van der Waals surface area contributed by atoms with Crippen LogP contribution in [0.25, 0.3) is 10.2 Å². The van der Waals surface area contributed by atoms with Gasteiger partial charge in [-0.2, -0.15) is 4.98 Å². The monoisotopic (exact) mass is 431 g/mol. The largest absolute Gasteiger partial charge is 0.497 e. The van der Waals surface area contributed by atoms with Crippen LogP contribution in [-0.4, -0.2) is 23.0 Å². The lowest BCUT2D eigenvalue weighted by Crippen LogP contribution is -2.13. The summed E-state index contributed by atoms with van der Waals surface area (Å²) in [4.78, 5) is 22.3. The van der Waals surface area contributed by atoms with Gasteiger partial charge in [-0.05, 0) is 54.6 Å². The molecule has 0 spiro atoms. The van der Waals surface area contributed by atoms with Crippen molar-refractivity contribution in [2.45, 2.75) is 12.8 Å². The smallest absolute Gasteiger partial charge is 0.230 e. The number of fused-ring (bicyclic) bond motifs is 1. The lowest BCUT2D eigenvalue weighted by Gasteiger charge is -2.12. The molecule has 1 fully saturated rings. The van der Waals surface area contributed by atoms with Gasteiger partial charge in [0.2, 0.25) is 11.9 Å². The molecule has 0 bridgehead atoms. The number of rotatable bonds is 7. The zero-order valence-electron chi connectivity index (χ0n) is 16.9. The van der Waals surface area contributed by atoms with Gasteiger partial charge in [-0.15, -0.1) is 11.3 Å². The fourth-order valence-corrected chi connectivity index (χ4v) is 4.00. The molecule has 0 aliphatic heterocycles. The Bertz CT molecular complexity index is 1250. The van der Waals surface area contributed by atoms with E-state index in [-0.39, 0.29) is 11.8 Å². The molecule has 2 aromatic heterocycles. The number of anilines is 5. The average molecular weight is 432 g/mol. The van der Waals surface area contributed by atoms with Gasteiger partial charge in [-0.3, -0.25) is 4.79 Å². The number of nitrogens with one attached hydrogen (secondary N) is 3. The number of hydrogen-bond acceptors (Lipinski definition) is 7. The van der Waals surface area contributed by atoms with E-state index in [0.29, 0.717) is 11.8 Å². The summed E-state index contributed by atoms with van der Waals surface area (Å²) in [6.07, 6.45) is 1.95. The van der Waals surface area contributed by atoms with Crippen molar-refractivity contribution < 1.29 is 9.53 Å². The first-order chi connectivity index (χ1) is 15.2. The zero-order chi connectivity index (χ0) is 21.2. The third-order valence-electron chi connectivity index (χ3n) is 4.99. The summed E-state index contributed by atoms with van der Waals surface area (Å²) < 4.78 is 5.29. The summed E-state index contributed by atoms with van der Waals surface area (Å²) >= 11 is 1.55. The fourth-order valence-electron chi connectivity index (χ4n) is 3.24. The maximum absolute atomic E-state index is 12.1. The van der Waals surface area contributed by atoms with Crippen LogP contribution in [0.3, 0.4) is 0 Å². The van der Waals surface area contributed by atoms with E-state index in [2.05, 4.69) is 20.9 Å². The quantitative estimate of drug-likeness (QED) is 0.356. The third-order valence-corrected chi connectivity index (χ3v) is 5.80. The maximum Gasteiger partial charge on any atom is 0.230 e. The van der Waals surface area contributed by atoms with E-state index in [0.717, 1.165) is 45.9 Å². The van der Waals surface area contributed by atoms with Crippen LogP contribution in [0, 0.1) is 5.92 Å². The number of ether oxygens (including phenoxy) is 1. The Morgan fingerprint density at radius 2 is 1.77 bits per heavy atom. The highest BCUT2D eigenvalue weighted by molar-refractivity contribution is 7.16. The van der Waals surface area contributed by atoms with E-state index in [1.165, 1.54) is 0 Å². The van der Waals surface area contributed by atoms with Gasteiger partial charge in [0.15, 0.2) is 0 Å². The molecule has 0 atom stereocenters. The second kappa shape index (κ2) is 8.23. The minimum atomic E-state index is 0.0872. The van der Waals surface area contributed by atoms with Crippen molar-refractivity contribution in [3.8, 4) is 5.75 Å². The Morgan fingerprint density at radius 1 is 1.00 bits per heavy atom. The number of hydrogen-bond donors (Lipinski definition) is 3. The molecule has 1 amide bonds. The van der Waals surface area contributed by atoms with Crippen LogP contribution in [0.15, 0.2) is 60.0 Å². The van der Waals surface area contributed by atoms with Gasteiger partial charge < -0.3 is 20.7 Å².